The highest BCUT2D eigenvalue weighted by Gasteiger charge is 2.60. The summed E-state index contributed by atoms with van der Waals surface area (Å²) in [6.07, 6.45) is 1.59. The van der Waals surface area contributed by atoms with E-state index in [4.69, 9.17) is 0 Å². The van der Waals surface area contributed by atoms with Crippen molar-refractivity contribution >= 4 is 17.5 Å². The highest BCUT2D eigenvalue weighted by molar-refractivity contribution is 5.95. The molecule has 2 saturated carbocycles. The number of hydrogen-bond acceptors (Lipinski definition) is 3. The number of alkyl halides is 3. The molecule has 36 heavy (non-hydrogen) atoms. The average molecular weight is 500 g/mol. The Bertz CT molecular complexity index is 1070. The van der Waals surface area contributed by atoms with Crippen LogP contribution in [0.2, 0.25) is 0 Å². The molecule has 2 aromatic carbocycles. The molecule has 1 saturated heterocycles. The molecular weight excluding hydrogens is 467 g/mol. The third-order valence-corrected chi connectivity index (χ3v) is 8.12. The Balaban J connectivity index is 1.01. The Hall–Kier alpha value is -2.87. The van der Waals surface area contributed by atoms with Crippen LogP contribution in [0.15, 0.2) is 54.6 Å². The predicted octanol–water partition coefficient (Wildman–Crippen LogP) is 4.74. The number of likely N-dealkylation sites (tertiary alicyclic amines) is 1. The molecule has 5 nitrogen and oxygen atoms in total. The molecule has 1 heterocycles. The average Bonchev–Trinajstić information content (AvgIpc) is 3.36. The molecule has 8 heteroatoms. The van der Waals surface area contributed by atoms with E-state index in [-0.39, 0.29) is 24.1 Å². The molecule has 1 unspecified atom stereocenters. The van der Waals surface area contributed by atoms with E-state index < -0.39 is 17.6 Å². The van der Waals surface area contributed by atoms with Crippen molar-refractivity contribution in [1.29, 1.82) is 0 Å². The lowest BCUT2D eigenvalue weighted by atomic mass is 9.82. The van der Waals surface area contributed by atoms with Crippen molar-refractivity contribution < 1.29 is 22.8 Å². The summed E-state index contributed by atoms with van der Waals surface area (Å²) in [6.45, 7) is 1.63. The van der Waals surface area contributed by atoms with E-state index in [1.54, 1.807) is 0 Å². The van der Waals surface area contributed by atoms with Crippen LogP contribution in [0.3, 0.4) is 0 Å². The lowest BCUT2D eigenvalue weighted by Gasteiger charge is -2.36. The number of carbonyl (C=O) groups is 2. The number of nitrogens with one attached hydrogen (secondary N) is 2. The summed E-state index contributed by atoms with van der Waals surface area (Å²) in [5, 5.41) is 5.10. The molecule has 5 rings (SSSR count). The van der Waals surface area contributed by atoms with Crippen LogP contribution in [0.1, 0.15) is 36.8 Å². The Labute approximate surface area is 209 Å². The molecule has 3 fully saturated rings. The van der Waals surface area contributed by atoms with Gasteiger partial charge in [0.15, 0.2) is 0 Å². The van der Waals surface area contributed by atoms with E-state index in [0.717, 1.165) is 37.6 Å². The van der Waals surface area contributed by atoms with Gasteiger partial charge in [-0.2, -0.15) is 13.2 Å². The van der Waals surface area contributed by atoms with Gasteiger partial charge in [0.25, 0.3) is 0 Å². The van der Waals surface area contributed by atoms with Crippen LogP contribution < -0.4 is 10.6 Å². The summed E-state index contributed by atoms with van der Waals surface area (Å²) in [5.41, 5.74) is 0.645. The van der Waals surface area contributed by atoms with Crippen LogP contribution in [-0.4, -0.2) is 42.4 Å². The highest BCUT2D eigenvalue weighted by atomic mass is 19.4. The molecule has 192 valence electrons. The Morgan fingerprint density at radius 3 is 2.28 bits per heavy atom. The normalized spacial score (nSPS) is 27.8. The molecule has 0 bridgehead atoms. The van der Waals surface area contributed by atoms with Crippen molar-refractivity contribution in [1.82, 2.24) is 10.2 Å². The van der Waals surface area contributed by atoms with Crippen LogP contribution >= 0.6 is 0 Å². The standard InChI is InChI=1S/C28H32F3N3O2/c29-28(30,31)20-7-4-8-21(14-20)33-25(35)15-32-27(36)26-23-16-34(17-24(23)26)22-11-9-19(10-12-22)13-18-5-2-1-3-6-18/h1-8,14,19,22-24,26H,9-13,15-17H2,(H,32,36)(H,33,35)/t19?,22?,23-,24+,26?. The van der Waals surface area contributed by atoms with Crippen molar-refractivity contribution in [3.8, 4) is 0 Å². The van der Waals surface area contributed by atoms with Gasteiger partial charge < -0.3 is 10.6 Å². The van der Waals surface area contributed by atoms with Gasteiger partial charge in [0, 0.05) is 30.7 Å². The first-order chi connectivity index (χ1) is 17.3. The van der Waals surface area contributed by atoms with Crippen LogP contribution in [0.4, 0.5) is 18.9 Å². The van der Waals surface area contributed by atoms with E-state index in [1.807, 2.05) is 0 Å². The fourth-order valence-electron chi connectivity index (χ4n) is 6.17. The molecule has 2 aliphatic carbocycles. The smallest absolute Gasteiger partial charge is 0.347 e. The van der Waals surface area contributed by atoms with Gasteiger partial charge in [-0.1, -0.05) is 36.4 Å². The fourth-order valence-corrected chi connectivity index (χ4v) is 6.17. The van der Waals surface area contributed by atoms with Crippen molar-refractivity contribution in [2.75, 3.05) is 25.0 Å². The quantitative estimate of drug-likeness (QED) is 0.579. The topological polar surface area (TPSA) is 61.4 Å². The molecule has 2 aromatic rings. The summed E-state index contributed by atoms with van der Waals surface area (Å²) < 4.78 is 38.5. The van der Waals surface area contributed by atoms with Gasteiger partial charge in [-0.15, -0.1) is 0 Å². The van der Waals surface area contributed by atoms with E-state index in [1.165, 1.54) is 43.4 Å². The van der Waals surface area contributed by atoms with Crippen molar-refractivity contribution in [2.24, 2.45) is 23.7 Å². The Kier molecular flexibility index (Phi) is 7.06. The van der Waals surface area contributed by atoms with Crippen molar-refractivity contribution in [3.05, 3.63) is 65.7 Å². The molecule has 0 radical (unpaired) electrons. The first-order valence-electron chi connectivity index (χ1n) is 12.8. The van der Waals surface area contributed by atoms with Crippen LogP contribution in [-0.2, 0) is 22.2 Å². The molecule has 0 aromatic heterocycles. The van der Waals surface area contributed by atoms with Gasteiger partial charge in [-0.05, 0) is 73.6 Å². The summed E-state index contributed by atoms with van der Waals surface area (Å²) in [4.78, 5) is 27.3. The van der Waals surface area contributed by atoms with E-state index >= 15 is 0 Å². The second-order valence-electron chi connectivity index (χ2n) is 10.5. The first-order valence-corrected chi connectivity index (χ1v) is 12.8. The van der Waals surface area contributed by atoms with Gasteiger partial charge in [-0.25, -0.2) is 0 Å². The van der Waals surface area contributed by atoms with Gasteiger partial charge in [0.1, 0.15) is 0 Å². The maximum Gasteiger partial charge on any atom is 0.416 e. The second-order valence-corrected chi connectivity index (χ2v) is 10.5. The SMILES string of the molecule is O=C(CNC(=O)C1[C@H]2CN(C3CCC(Cc4ccccc4)CC3)C[C@@H]12)Nc1cccc(C(F)(F)F)c1. The minimum Gasteiger partial charge on any atom is -0.347 e. The van der Waals surface area contributed by atoms with Crippen molar-refractivity contribution in [3.63, 3.8) is 0 Å². The highest BCUT2D eigenvalue weighted by Crippen LogP contribution is 2.53. The zero-order valence-electron chi connectivity index (χ0n) is 20.1. The van der Waals surface area contributed by atoms with E-state index in [9.17, 15) is 22.8 Å². The molecule has 3 aliphatic rings. The number of nitrogens with zero attached hydrogens (tertiary/aromatic N) is 1. The van der Waals surface area contributed by atoms with E-state index in [0.29, 0.717) is 17.9 Å². The third kappa shape index (κ3) is 5.75. The minimum absolute atomic E-state index is 0.0569. The number of fused-ring (bicyclic) bond motifs is 1. The third-order valence-electron chi connectivity index (χ3n) is 8.12. The number of carbonyl (C=O) groups excluding carboxylic acids is 2. The predicted molar refractivity (Wildman–Crippen MR) is 131 cm³/mol. The molecule has 3 atom stereocenters. The number of anilines is 1. The largest absolute Gasteiger partial charge is 0.416 e. The molecule has 0 spiro atoms. The number of hydrogen-bond donors (Lipinski definition) is 2. The van der Waals surface area contributed by atoms with Gasteiger partial charge >= 0.3 is 6.18 Å². The maximum absolute atomic E-state index is 12.8. The number of piperidine rings is 1. The fraction of sp³-hybridized carbons (Fsp3) is 0.500. The number of rotatable bonds is 7. The zero-order valence-corrected chi connectivity index (χ0v) is 20.1. The van der Waals surface area contributed by atoms with Crippen LogP contribution in [0, 0.1) is 23.7 Å². The molecular formula is C28H32F3N3O2. The van der Waals surface area contributed by atoms with Crippen molar-refractivity contribution in [2.45, 2.75) is 44.3 Å². The lowest BCUT2D eigenvalue weighted by molar-refractivity contribution is -0.137. The summed E-state index contributed by atoms with van der Waals surface area (Å²) >= 11 is 0. The van der Waals surface area contributed by atoms with E-state index in [2.05, 4.69) is 45.9 Å². The summed E-state index contributed by atoms with van der Waals surface area (Å²) in [7, 11) is 0. The molecule has 1 aliphatic heterocycles. The Morgan fingerprint density at radius 2 is 1.61 bits per heavy atom. The lowest BCUT2D eigenvalue weighted by Crippen LogP contribution is -2.41. The second kappa shape index (κ2) is 10.2. The monoisotopic (exact) mass is 499 g/mol. The molecule has 2 amide bonds. The number of amides is 2. The summed E-state index contributed by atoms with van der Waals surface area (Å²) in [5.74, 6) is 0.716. The first kappa shape index (κ1) is 24.8. The Morgan fingerprint density at radius 1 is 0.917 bits per heavy atom. The minimum atomic E-state index is -4.48. The van der Waals surface area contributed by atoms with Crippen LogP contribution in [0.5, 0.6) is 0 Å². The van der Waals surface area contributed by atoms with Gasteiger partial charge in [0.05, 0.1) is 12.1 Å². The summed E-state index contributed by atoms with van der Waals surface area (Å²) in [6, 6.07) is 15.8. The van der Waals surface area contributed by atoms with Gasteiger partial charge in [0.2, 0.25) is 11.8 Å². The van der Waals surface area contributed by atoms with Crippen LogP contribution in [0.25, 0.3) is 0 Å². The molecule has 2 N–H and O–H groups in total. The van der Waals surface area contributed by atoms with Gasteiger partial charge in [-0.3, -0.25) is 14.5 Å². The number of halogens is 3. The zero-order chi connectivity index (χ0) is 25.3. The number of benzene rings is 2. The maximum atomic E-state index is 12.8.